The molecule has 2 aromatic carbocycles. The Kier molecular flexibility index (Phi) is 4.31. The van der Waals surface area contributed by atoms with Crippen molar-refractivity contribution in [2.45, 2.75) is 0 Å². The smallest absolute Gasteiger partial charge is 0.311 e. The van der Waals surface area contributed by atoms with Gasteiger partial charge in [0.25, 0.3) is 5.91 Å². The highest BCUT2D eigenvalue weighted by atomic mass is 19.1. The largest absolute Gasteiger partial charge is 0.490 e. The van der Waals surface area contributed by atoms with Crippen LogP contribution in [0.5, 0.6) is 5.75 Å². The zero-order valence-electron chi connectivity index (χ0n) is 11.3. The first-order valence-electron chi connectivity index (χ1n) is 6.02. The number of rotatable bonds is 4. The molecule has 0 aliphatic carbocycles. The predicted molar refractivity (Wildman–Crippen MR) is 74.0 cm³/mol. The number of para-hydroxylation sites is 1. The Hall–Kier alpha value is -3.03. The van der Waals surface area contributed by atoms with E-state index >= 15 is 0 Å². The monoisotopic (exact) mass is 308 g/mol. The van der Waals surface area contributed by atoms with E-state index in [2.05, 4.69) is 0 Å². The molecule has 22 heavy (non-hydrogen) atoms. The van der Waals surface area contributed by atoms with Crippen LogP contribution >= 0.6 is 0 Å². The molecule has 0 aromatic heterocycles. The van der Waals surface area contributed by atoms with Crippen molar-refractivity contribution in [2.24, 2.45) is 0 Å². The fourth-order valence-corrected chi connectivity index (χ4v) is 1.78. The van der Waals surface area contributed by atoms with E-state index < -0.39 is 33.8 Å². The average molecular weight is 308 g/mol. The summed E-state index contributed by atoms with van der Waals surface area (Å²) in [6.07, 6.45) is 0. The minimum atomic E-state index is -0.948. The maximum Gasteiger partial charge on any atom is 0.311 e. The third kappa shape index (κ3) is 3.00. The van der Waals surface area contributed by atoms with Crippen molar-refractivity contribution in [3.05, 3.63) is 63.7 Å². The quantitative estimate of drug-likeness (QED) is 0.695. The van der Waals surface area contributed by atoms with Crippen molar-refractivity contribution in [1.29, 1.82) is 0 Å². The summed E-state index contributed by atoms with van der Waals surface area (Å²) in [6.45, 7) is 0. The van der Waals surface area contributed by atoms with Crippen molar-refractivity contribution < 1.29 is 23.2 Å². The van der Waals surface area contributed by atoms with E-state index in [4.69, 9.17) is 4.74 Å². The molecule has 0 spiro atoms. The van der Waals surface area contributed by atoms with Gasteiger partial charge in [-0.1, -0.05) is 6.07 Å². The molecule has 0 bridgehead atoms. The van der Waals surface area contributed by atoms with Crippen LogP contribution in [-0.4, -0.2) is 17.9 Å². The number of halogens is 2. The molecule has 1 amide bonds. The van der Waals surface area contributed by atoms with Crippen molar-refractivity contribution >= 4 is 17.3 Å². The lowest BCUT2D eigenvalue weighted by Crippen LogP contribution is -2.14. The second kappa shape index (κ2) is 6.17. The number of carbonyl (C=O) groups excluding carboxylic acids is 1. The zero-order valence-corrected chi connectivity index (χ0v) is 11.3. The second-order valence-electron chi connectivity index (χ2n) is 4.19. The molecule has 8 heteroatoms. The third-order valence-electron chi connectivity index (χ3n) is 2.84. The highest BCUT2D eigenvalue weighted by Crippen LogP contribution is 2.28. The summed E-state index contributed by atoms with van der Waals surface area (Å²) < 4.78 is 31.7. The van der Waals surface area contributed by atoms with Gasteiger partial charge in [-0.05, 0) is 24.3 Å². The Morgan fingerprint density at radius 2 is 1.86 bits per heavy atom. The molecule has 0 radical (unpaired) electrons. The Morgan fingerprint density at radius 1 is 1.23 bits per heavy atom. The Bertz CT molecular complexity index is 729. The van der Waals surface area contributed by atoms with Gasteiger partial charge in [0.05, 0.1) is 12.0 Å². The summed E-state index contributed by atoms with van der Waals surface area (Å²) in [5, 5.41) is 12.9. The number of nitrogens with zero attached hydrogens (tertiary/aromatic N) is 1. The van der Waals surface area contributed by atoms with Gasteiger partial charge in [-0.25, -0.2) is 8.78 Å². The molecule has 0 atom stereocenters. The molecule has 0 aliphatic heterocycles. The van der Waals surface area contributed by atoms with Crippen LogP contribution in [0.15, 0.2) is 36.4 Å². The van der Waals surface area contributed by atoms with Gasteiger partial charge in [-0.3, -0.25) is 14.9 Å². The molecule has 0 aliphatic rings. The van der Waals surface area contributed by atoms with E-state index in [0.717, 1.165) is 24.3 Å². The Morgan fingerprint density at radius 3 is 2.41 bits per heavy atom. The molecule has 0 heterocycles. The molecule has 0 saturated carbocycles. The molecule has 114 valence electrons. The topological polar surface area (TPSA) is 81.5 Å². The zero-order chi connectivity index (χ0) is 16.3. The van der Waals surface area contributed by atoms with Gasteiger partial charge in [0.2, 0.25) is 0 Å². The van der Waals surface area contributed by atoms with E-state index in [0.29, 0.717) is 0 Å². The summed E-state index contributed by atoms with van der Waals surface area (Å²) in [5.74, 6) is -2.80. The van der Waals surface area contributed by atoms with Crippen LogP contribution < -0.4 is 10.1 Å². The Balaban J connectivity index is 2.34. The maximum absolute atomic E-state index is 13.5. The van der Waals surface area contributed by atoms with Crippen LogP contribution in [0.3, 0.4) is 0 Å². The molecule has 1 N–H and O–H groups in total. The van der Waals surface area contributed by atoms with Crippen molar-refractivity contribution in [2.75, 3.05) is 12.4 Å². The SMILES string of the molecule is COc1ccc(C(=O)Nc2c(F)cccc2F)cc1[N+](=O)[O-]. The molecule has 0 saturated heterocycles. The number of anilines is 1. The van der Waals surface area contributed by atoms with E-state index in [1.807, 2.05) is 5.32 Å². The highest BCUT2D eigenvalue weighted by molar-refractivity contribution is 6.05. The van der Waals surface area contributed by atoms with E-state index in [9.17, 15) is 23.7 Å². The number of nitrogens with one attached hydrogen (secondary N) is 1. The highest BCUT2D eigenvalue weighted by Gasteiger charge is 2.19. The first-order chi connectivity index (χ1) is 10.4. The lowest BCUT2D eigenvalue weighted by molar-refractivity contribution is -0.385. The summed E-state index contributed by atoms with van der Waals surface area (Å²) in [6, 6.07) is 6.56. The molecule has 0 unspecified atom stereocenters. The number of ether oxygens (including phenoxy) is 1. The van der Waals surface area contributed by atoms with E-state index in [1.165, 1.54) is 19.2 Å². The number of hydrogen-bond donors (Lipinski definition) is 1. The van der Waals surface area contributed by atoms with E-state index in [1.54, 1.807) is 0 Å². The third-order valence-corrected chi connectivity index (χ3v) is 2.84. The summed E-state index contributed by atoms with van der Waals surface area (Å²) in [7, 11) is 1.25. The molecule has 2 aromatic rings. The summed E-state index contributed by atoms with van der Waals surface area (Å²) in [4.78, 5) is 22.2. The number of hydrogen-bond acceptors (Lipinski definition) is 4. The number of carbonyl (C=O) groups is 1. The van der Waals surface area contributed by atoms with Crippen LogP contribution in [0.2, 0.25) is 0 Å². The van der Waals surface area contributed by atoms with Gasteiger partial charge < -0.3 is 10.1 Å². The van der Waals surface area contributed by atoms with E-state index in [-0.39, 0.29) is 11.3 Å². The minimum absolute atomic E-state index is 0.0291. The first-order valence-corrected chi connectivity index (χ1v) is 6.02. The minimum Gasteiger partial charge on any atom is -0.490 e. The van der Waals surface area contributed by atoms with Gasteiger partial charge >= 0.3 is 5.69 Å². The standard InChI is InChI=1S/C14H10F2N2O4/c1-22-12-6-5-8(7-11(12)18(20)21)14(19)17-13-9(15)3-2-4-10(13)16/h2-7H,1H3,(H,17,19). The average Bonchev–Trinajstić information content (AvgIpc) is 2.50. The summed E-state index contributed by atoms with van der Waals surface area (Å²) >= 11 is 0. The molecular formula is C14H10F2N2O4. The normalized spacial score (nSPS) is 10.1. The first kappa shape index (κ1) is 15.4. The molecule has 6 nitrogen and oxygen atoms in total. The fourth-order valence-electron chi connectivity index (χ4n) is 1.78. The summed E-state index contributed by atoms with van der Waals surface area (Å²) in [5.41, 5.74) is -1.18. The number of nitro groups is 1. The number of methoxy groups -OCH3 is 1. The lowest BCUT2D eigenvalue weighted by atomic mass is 10.1. The van der Waals surface area contributed by atoms with Crippen LogP contribution in [0, 0.1) is 21.7 Å². The lowest BCUT2D eigenvalue weighted by Gasteiger charge is -2.08. The van der Waals surface area contributed by atoms with Gasteiger partial charge in [0, 0.05) is 11.6 Å². The maximum atomic E-state index is 13.5. The van der Waals surface area contributed by atoms with Crippen LogP contribution in [0.25, 0.3) is 0 Å². The van der Waals surface area contributed by atoms with Gasteiger partial charge in [0.15, 0.2) is 5.75 Å². The van der Waals surface area contributed by atoms with Crippen molar-refractivity contribution in [3.63, 3.8) is 0 Å². The van der Waals surface area contributed by atoms with Crippen molar-refractivity contribution in [1.82, 2.24) is 0 Å². The van der Waals surface area contributed by atoms with Crippen LogP contribution in [0.1, 0.15) is 10.4 Å². The van der Waals surface area contributed by atoms with Gasteiger partial charge in [-0.2, -0.15) is 0 Å². The molecule has 0 fully saturated rings. The second-order valence-corrected chi connectivity index (χ2v) is 4.19. The molecule has 2 rings (SSSR count). The fraction of sp³-hybridized carbons (Fsp3) is 0.0714. The van der Waals surface area contributed by atoms with Gasteiger partial charge in [-0.15, -0.1) is 0 Å². The predicted octanol–water partition coefficient (Wildman–Crippen LogP) is 3.13. The van der Waals surface area contributed by atoms with Crippen LogP contribution in [0.4, 0.5) is 20.2 Å². The Labute approximate surface area is 123 Å². The van der Waals surface area contributed by atoms with Crippen molar-refractivity contribution in [3.8, 4) is 5.75 Å². The van der Waals surface area contributed by atoms with Gasteiger partial charge in [0.1, 0.15) is 17.3 Å². The van der Waals surface area contributed by atoms with Crippen LogP contribution in [-0.2, 0) is 0 Å². The number of benzene rings is 2. The number of nitro benzene ring substituents is 1. The number of amides is 1. The molecular weight excluding hydrogens is 298 g/mol.